The van der Waals surface area contributed by atoms with E-state index in [4.69, 9.17) is 0 Å². The first-order valence-electron chi connectivity index (χ1n) is 8.22. The summed E-state index contributed by atoms with van der Waals surface area (Å²) >= 11 is 0. The standard InChI is InChI=1S/C18H28N2/c1-13-10-14(2)15(3)20(11-13)12-16-8-9-19-18-7-5-4-6-17(16)18/h4-7,13-16,19H,8-12H2,1-3H3. The summed E-state index contributed by atoms with van der Waals surface area (Å²) in [6, 6.07) is 9.60. The van der Waals surface area contributed by atoms with Crippen LogP contribution in [0.1, 0.15) is 45.1 Å². The lowest BCUT2D eigenvalue weighted by molar-refractivity contribution is 0.0729. The summed E-state index contributed by atoms with van der Waals surface area (Å²) in [5, 5.41) is 3.54. The normalized spacial score (nSPS) is 34.4. The van der Waals surface area contributed by atoms with Crippen LogP contribution in [0.4, 0.5) is 5.69 Å². The Morgan fingerprint density at radius 1 is 1.20 bits per heavy atom. The van der Waals surface area contributed by atoms with E-state index < -0.39 is 0 Å². The summed E-state index contributed by atoms with van der Waals surface area (Å²) in [7, 11) is 0. The maximum absolute atomic E-state index is 3.54. The molecule has 110 valence electrons. The monoisotopic (exact) mass is 272 g/mol. The van der Waals surface area contributed by atoms with Gasteiger partial charge in [-0.3, -0.25) is 4.90 Å². The molecule has 3 rings (SSSR count). The zero-order valence-corrected chi connectivity index (χ0v) is 13.1. The Morgan fingerprint density at radius 2 is 2.00 bits per heavy atom. The van der Waals surface area contributed by atoms with Crippen molar-refractivity contribution in [3.05, 3.63) is 29.8 Å². The molecule has 4 unspecified atom stereocenters. The van der Waals surface area contributed by atoms with Crippen molar-refractivity contribution in [2.45, 2.75) is 45.6 Å². The van der Waals surface area contributed by atoms with E-state index in [0.717, 1.165) is 24.4 Å². The predicted octanol–water partition coefficient (Wildman–Crippen LogP) is 3.95. The van der Waals surface area contributed by atoms with Crippen LogP contribution in [0, 0.1) is 11.8 Å². The molecule has 0 saturated carbocycles. The highest BCUT2D eigenvalue weighted by Gasteiger charge is 2.31. The van der Waals surface area contributed by atoms with Gasteiger partial charge in [0, 0.05) is 37.3 Å². The number of likely N-dealkylation sites (tertiary alicyclic amines) is 1. The van der Waals surface area contributed by atoms with E-state index in [1.54, 1.807) is 0 Å². The third kappa shape index (κ3) is 2.71. The van der Waals surface area contributed by atoms with Gasteiger partial charge >= 0.3 is 0 Å². The second-order valence-corrected chi connectivity index (χ2v) is 7.01. The summed E-state index contributed by atoms with van der Waals surface area (Å²) in [6.07, 6.45) is 2.66. The van der Waals surface area contributed by atoms with Crippen molar-refractivity contribution in [3.8, 4) is 0 Å². The van der Waals surface area contributed by atoms with E-state index in [1.165, 1.54) is 37.2 Å². The summed E-state index contributed by atoms with van der Waals surface area (Å²) in [4.78, 5) is 2.74. The van der Waals surface area contributed by atoms with E-state index in [-0.39, 0.29) is 0 Å². The lowest BCUT2D eigenvalue weighted by Crippen LogP contribution is -2.47. The fourth-order valence-electron chi connectivity index (χ4n) is 4.10. The number of anilines is 1. The van der Waals surface area contributed by atoms with Gasteiger partial charge in [0.15, 0.2) is 0 Å². The van der Waals surface area contributed by atoms with Gasteiger partial charge in [-0.25, -0.2) is 0 Å². The van der Waals surface area contributed by atoms with Gasteiger partial charge in [-0.1, -0.05) is 32.0 Å². The number of hydrogen-bond acceptors (Lipinski definition) is 2. The molecule has 0 aromatic heterocycles. The Balaban J connectivity index is 1.75. The molecule has 0 radical (unpaired) electrons. The van der Waals surface area contributed by atoms with E-state index in [9.17, 15) is 0 Å². The summed E-state index contributed by atoms with van der Waals surface area (Å²) in [6.45, 7) is 10.9. The van der Waals surface area contributed by atoms with Gasteiger partial charge < -0.3 is 5.32 Å². The Bertz CT molecular complexity index is 456. The van der Waals surface area contributed by atoms with Crippen LogP contribution < -0.4 is 5.32 Å². The zero-order chi connectivity index (χ0) is 14.1. The van der Waals surface area contributed by atoms with Crippen molar-refractivity contribution in [1.82, 2.24) is 4.90 Å². The summed E-state index contributed by atoms with van der Waals surface area (Å²) in [5.41, 5.74) is 2.88. The van der Waals surface area contributed by atoms with Crippen LogP contribution in [-0.2, 0) is 0 Å². The quantitative estimate of drug-likeness (QED) is 0.877. The molecule has 0 aliphatic carbocycles. The van der Waals surface area contributed by atoms with Crippen molar-refractivity contribution >= 4 is 5.69 Å². The molecule has 1 N–H and O–H groups in total. The van der Waals surface area contributed by atoms with Crippen molar-refractivity contribution in [2.75, 3.05) is 25.0 Å². The van der Waals surface area contributed by atoms with E-state index in [1.807, 2.05) is 0 Å². The van der Waals surface area contributed by atoms with Crippen molar-refractivity contribution < 1.29 is 0 Å². The molecule has 1 fully saturated rings. The van der Waals surface area contributed by atoms with Gasteiger partial charge in [0.25, 0.3) is 0 Å². The maximum atomic E-state index is 3.54. The smallest absolute Gasteiger partial charge is 0.0376 e. The second-order valence-electron chi connectivity index (χ2n) is 7.01. The third-order valence-corrected chi connectivity index (χ3v) is 5.38. The minimum atomic E-state index is 0.701. The molecule has 0 amide bonds. The molecular formula is C18H28N2. The highest BCUT2D eigenvalue weighted by molar-refractivity contribution is 5.54. The van der Waals surface area contributed by atoms with Crippen LogP contribution >= 0.6 is 0 Å². The van der Waals surface area contributed by atoms with E-state index in [2.05, 4.69) is 55.3 Å². The topological polar surface area (TPSA) is 15.3 Å². The Kier molecular flexibility index (Phi) is 4.02. The Labute approximate surface area is 123 Å². The Morgan fingerprint density at radius 3 is 2.85 bits per heavy atom. The average Bonchev–Trinajstić information content (AvgIpc) is 2.44. The van der Waals surface area contributed by atoms with Gasteiger partial charge in [0.05, 0.1) is 0 Å². The fourth-order valence-corrected chi connectivity index (χ4v) is 4.10. The first kappa shape index (κ1) is 13.9. The number of para-hydroxylation sites is 1. The molecule has 1 aromatic carbocycles. The third-order valence-electron chi connectivity index (χ3n) is 5.38. The minimum absolute atomic E-state index is 0.701. The van der Waals surface area contributed by atoms with Crippen LogP contribution in [-0.4, -0.2) is 30.6 Å². The van der Waals surface area contributed by atoms with E-state index in [0.29, 0.717) is 5.92 Å². The SMILES string of the molecule is CC1CC(C)C(C)N(CC2CCNc3ccccc32)C1. The van der Waals surface area contributed by atoms with E-state index >= 15 is 0 Å². The predicted molar refractivity (Wildman–Crippen MR) is 86.3 cm³/mol. The van der Waals surface area contributed by atoms with Gasteiger partial charge in [0.2, 0.25) is 0 Å². The molecule has 2 heteroatoms. The number of hydrogen-bond donors (Lipinski definition) is 1. The van der Waals surface area contributed by atoms with Crippen LogP contribution in [0.5, 0.6) is 0 Å². The highest BCUT2D eigenvalue weighted by atomic mass is 15.2. The lowest BCUT2D eigenvalue weighted by Gasteiger charge is -2.43. The van der Waals surface area contributed by atoms with Crippen LogP contribution in [0.25, 0.3) is 0 Å². The van der Waals surface area contributed by atoms with Gasteiger partial charge in [-0.15, -0.1) is 0 Å². The summed E-state index contributed by atoms with van der Waals surface area (Å²) in [5.74, 6) is 2.38. The second kappa shape index (κ2) is 5.77. The van der Waals surface area contributed by atoms with Gasteiger partial charge in [-0.2, -0.15) is 0 Å². The number of nitrogens with zero attached hydrogens (tertiary/aromatic N) is 1. The summed E-state index contributed by atoms with van der Waals surface area (Å²) < 4.78 is 0. The van der Waals surface area contributed by atoms with Crippen LogP contribution in [0.15, 0.2) is 24.3 Å². The van der Waals surface area contributed by atoms with Gasteiger partial charge in [-0.05, 0) is 43.2 Å². The van der Waals surface area contributed by atoms with Crippen molar-refractivity contribution in [2.24, 2.45) is 11.8 Å². The lowest BCUT2D eigenvalue weighted by atomic mass is 9.83. The molecule has 1 aromatic rings. The van der Waals surface area contributed by atoms with Gasteiger partial charge in [0.1, 0.15) is 0 Å². The molecule has 0 bridgehead atoms. The molecule has 1 saturated heterocycles. The number of rotatable bonds is 2. The number of benzene rings is 1. The fraction of sp³-hybridized carbons (Fsp3) is 0.667. The molecular weight excluding hydrogens is 244 g/mol. The highest BCUT2D eigenvalue weighted by Crippen LogP contribution is 2.34. The number of nitrogens with one attached hydrogen (secondary N) is 1. The molecule has 0 spiro atoms. The molecule has 20 heavy (non-hydrogen) atoms. The first-order chi connectivity index (χ1) is 9.65. The van der Waals surface area contributed by atoms with Crippen LogP contribution in [0.3, 0.4) is 0 Å². The molecule has 2 aliphatic rings. The maximum Gasteiger partial charge on any atom is 0.0376 e. The average molecular weight is 272 g/mol. The minimum Gasteiger partial charge on any atom is -0.385 e. The number of fused-ring (bicyclic) bond motifs is 1. The van der Waals surface area contributed by atoms with Crippen molar-refractivity contribution in [1.29, 1.82) is 0 Å². The molecule has 2 aliphatic heterocycles. The van der Waals surface area contributed by atoms with Crippen molar-refractivity contribution in [3.63, 3.8) is 0 Å². The van der Waals surface area contributed by atoms with Crippen LogP contribution in [0.2, 0.25) is 0 Å². The Hall–Kier alpha value is -1.02. The zero-order valence-electron chi connectivity index (χ0n) is 13.1. The molecule has 2 heterocycles. The number of piperidine rings is 1. The first-order valence-corrected chi connectivity index (χ1v) is 8.22. The molecule has 2 nitrogen and oxygen atoms in total. The molecule has 4 atom stereocenters. The largest absolute Gasteiger partial charge is 0.385 e.